The fourth-order valence-electron chi connectivity index (χ4n) is 2.08. The number of carbonyl (C=O) groups excluding carboxylic acids is 2. The van der Waals surface area contributed by atoms with Gasteiger partial charge in [-0.2, -0.15) is 0 Å². The zero-order chi connectivity index (χ0) is 18.4. The molecule has 0 saturated heterocycles. The van der Waals surface area contributed by atoms with Crippen LogP contribution in [0.25, 0.3) is 0 Å². The van der Waals surface area contributed by atoms with Crippen LogP contribution in [0.2, 0.25) is 0 Å². The topological polar surface area (TPSA) is 67.4 Å². The summed E-state index contributed by atoms with van der Waals surface area (Å²) in [4.78, 5) is 23.8. The van der Waals surface area contributed by atoms with Gasteiger partial charge in [0.05, 0.1) is 0 Å². The molecule has 5 nitrogen and oxygen atoms in total. The van der Waals surface area contributed by atoms with E-state index < -0.39 is 0 Å². The molecule has 0 bridgehead atoms. The number of nitrogens with one attached hydrogen (secondary N) is 2. The molecule has 0 atom stereocenters. The highest BCUT2D eigenvalue weighted by Gasteiger charge is 2.09. The Morgan fingerprint density at radius 1 is 1.08 bits per heavy atom. The fourth-order valence-corrected chi connectivity index (χ4v) is 2.55. The first-order valence-electron chi connectivity index (χ1n) is 7.95. The molecule has 0 aromatic heterocycles. The second-order valence-corrected chi connectivity index (χ2v) is 6.89. The summed E-state index contributed by atoms with van der Waals surface area (Å²) in [6.07, 6.45) is 0. The van der Waals surface area contributed by atoms with Crippen LogP contribution in [0.3, 0.4) is 0 Å². The molecule has 6 heteroatoms. The van der Waals surface area contributed by atoms with E-state index in [-0.39, 0.29) is 24.3 Å². The molecule has 0 saturated carbocycles. The molecule has 2 amide bonds. The fraction of sp³-hybridized carbons (Fsp3) is 0.263. The van der Waals surface area contributed by atoms with Crippen LogP contribution in [0.15, 0.2) is 46.9 Å². The van der Waals surface area contributed by atoms with Crippen LogP contribution in [0.1, 0.15) is 19.4 Å². The lowest BCUT2D eigenvalue weighted by atomic mass is 10.2. The molecule has 0 spiro atoms. The first-order valence-corrected chi connectivity index (χ1v) is 8.74. The number of carbonyl (C=O) groups is 2. The molecule has 2 aromatic carbocycles. The van der Waals surface area contributed by atoms with Crippen molar-refractivity contribution in [2.24, 2.45) is 5.92 Å². The van der Waals surface area contributed by atoms with E-state index in [9.17, 15) is 9.59 Å². The normalized spacial score (nSPS) is 10.4. The van der Waals surface area contributed by atoms with E-state index in [0.29, 0.717) is 17.1 Å². The number of benzene rings is 2. The van der Waals surface area contributed by atoms with Crippen LogP contribution >= 0.6 is 15.9 Å². The van der Waals surface area contributed by atoms with E-state index in [2.05, 4.69) is 26.6 Å². The van der Waals surface area contributed by atoms with Gasteiger partial charge in [-0.05, 0) is 48.9 Å². The summed E-state index contributed by atoms with van der Waals surface area (Å²) in [5.74, 6) is 0.212. The van der Waals surface area contributed by atoms with Gasteiger partial charge < -0.3 is 15.4 Å². The highest BCUT2D eigenvalue weighted by Crippen LogP contribution is 2.22. The number of ether oxygens (including phenoxy) is 1. The first-order chi connectivity index (χ1) is 11.8. The largest absolute Gasteiger partial charge is 0.483 e. The summed E-state index contributed by atoms with van der Waals surface area (Å²) < 4.78 is 6.51. The lowest BCUT2D eigenvalue weighted by Gasteiger charge is -2.11. The number of amides is 2. The van der Waals surface area contributed by atoms with Gasteiger partial charge >= 0.3 is 0 Å². The van der Waals surface area contributed by atoms with Crippen molar-refractivity contribution >= 4 is 39.1 Å². The highest BCUT2D eigenvalue weighted by atomic mass is 79.9. The van der Waals surface area contributed by atoms with Gasteiger partial charge in [0.15, 0.2) is 6.61 Å². The summed E-state index contributed by atoms with van der Waals surface area (Å²) in [7, 11) is 0. The molecule has 0 aliphatic rings. The molecule has 25 heavy (non-hydrogen) atoms. The highest BCUT2D eigenvalue weighted by molar-refractivity contribution is 9.10. The Labute approximate surface area is 155 Å². The second kappa shape index (κ2) is 8.67. The van der Waals surface area contributed by atoms with Gasteiger partial charge in [0.25, 0.3) is 5.91 Å². The number of halogens is 1. The first kappa shape index (κ1) is 19.0. The lowest BCUT2D eigenvalue weighted by molar-refractivity contribution is -0.119. The second-order valence-electron chi connectivity index (χ2n) is 5.97. The van der Waals surface area contributed by atoms with Crippen LogP contribution < -0.4 is 15.4 Å². The smallest absolute Gasteiger partial charge is 0.262 e. The van der Waals surface area contributed by atoms with Crippen molar-refractivity contribution in [1.29, 1.82) is 0 Å². The van der Waals surface area contributed by atoms with Crippen molar-refractivity contribution in [2.75, 3.05) is 17.2 Å². The Balaban J connectivity index is 1.93. The van der Waals surface area contributed by atoms with E-state index in [1.165, 1.54) is 0 Å². The van der Waals surface area contributed by atoms with E-state index in [0.717, 1.165) is 10.0 Å². The zero-order valence-corrected chi connectivity index (χ0v) is 16.0. The van der Waals surface area contributed by atoms with Crippen molar-refractivity contribution in [2.45, 2.75) is 20.8 Å². The van der Waals surface area contributed by atoms with E-state index >= 15 is 0 Å². The minimum Gasteiger partial charge on any atom is -0.483 e. The summed E-state index contributed by atoms with van der Waals surface area (Å²) >= 11 is 3.39. The molecule has 0 aliphatic carbocycles. The quantitative estimate of drug-likeness (QED) is 0.750. The van der Waals surface area contributed by atoms with Crippen molar-refractivity contribution in [3.8, 4) is 5.75 Å². The van der Waals surface area contributed by atoms with Gasteiger partial charge in [-0.25, -0.2) is 0 Å². The van der Waals surface area contributed by atoms with Crippen LogP contribution in [0, 0.1) is 12.8 Å². The van der Waals surface area contributed by atoms with Crippen molar-refractivity contribution < 1.29 is 14.3 Å². The Morgan fingerprint density at radius 3 is 2.40 bits per heavy atom. The monoisotopic (exact) mass is 404 g/mol. The van der Waals surface area contributed by atoms with Gasteiger partial charge in [-0.3, -0.25) is 9.59 Å². The Hall–Kier alpha value is -2.34. The van der Waals surface area contributed by atoms with Gasteiger partial charge in [0.1, 0.15) is 5.75 Å². The summed E-state index contributed by atoms with van der Waals surface area (Å²) in [5.41, 5.74) is 2.18. The van der Waals surface area contributed by atoms with E-state index in [1.807, 2.05) is 39.0 Å². The number of hydrogen-bond acceptors (Lipinski definition) is 3. The number of anilines is 2. The zero-order valence-electron chi connectivity index (χ0n) is 14.4. The molecule has 132 valence electrons. The minimum atomic E-state index is -0.269. The summed E-state index contributed by atoms with van der Waals surface area (Å²) in [5, 5.41) is 5.56. The summed E-state index contributed by atoms with van der Waals surface area (Å²) in [6.45, 7) is 5.47. The molecule has 0 aliphatic heterocycles. The molecule has 2 N–H and O–H groups in total. The third-order valence-corrected chi connectivity index (χ3v) is 3.93. The van der Waals surface area contributed by atoms with Crippen LogP contribution in [0.5, 0.6) is 5.75 Å². The molecule has 0 unspecified atom stereocenters. The van der Waals surface area contributed by atoms with Crippen molar-refractivity contribution in [1.82, 2.24) is 0 Å². The molecular formula is C19H21BrN2O3. The Morgan fingerprint density at radius 2 is 1.76 bits per heavy atom. The number of hydrogen-bond donors (Lipinski definition) is 2. The third-order valence-electron chi connectivity index (χ3n) is 3.43. The molecule has 2 aromatic rings. The van der Waals surface area contributed by atoms with E-state index in [4.69, 9.17) is 4.74 Å². The minimum absolute atomic E-state index is 0.0717. The molecule has 0 heterocycles. The average Bonchev–Trinajstić information content (AvgIpc) is 2.54. The molecule has 0 fully saturated rings. The van der Waals surface area contributed by atoms with Crippen LogP contribution in [-0.4, -0.2) is 18.4 Å². The lowest BCUT2D eigenvalue weighted by Crippen LogP contribution is -2.21. The SMILES string of the molecule is Cc1cc(Br)ccc1OCC(=O)Nc1cccc(NC(=O)C(C)C)c1. The average molecular weight is 405 g/mol. The Bertz CT molecular complexity index is 775. The van der Waals surface area contributed by atoms with Crippen molar-refractivity contribution in [3.63, 3.8) is 0 Å². The maximum atomic E-state index is 12.1. The molecule has 0 radical (unpaired) electrons. The van der Waals surface area contributed by atoms with Gasteiger partial charge in [0.2, 0.25) is 5.91 Å². The maximum Gasteiger partial charge on any atom is 0.262 e. The molecular weight excluding hydrogens is 384 g/mol. The van der Waals surface area contributed by atoms with Gasteiger partial charge in [-0.15, -0.1) is 0 Å². The standard InChI is InChI=1S/C19H21BrN2O3/c1-12(2)19(24)22-16-6-4-5-15(10-16)21-18(23)11-25-17-8-7-14(20)9-13(17)3/h4-10,12H,11H2,1-3H3,(H,21,23)(H,22,24). The van der Waals surface area contributed by atoms with Crippen LogP contribution in [0.4, 0.5) is 11.4 Å². The predicted molar refractivity (Wildman–Crippen MR) is 103 cm³/mol. The number of aryl methyl sites for hydroxylation is 1. The van der Waals surface area contributed by atoms with E-state index in [1.54, 1.807) is 24.3 Å². The maximum absolute atomic E-state index is 12.1. The van der Waals surface area contributed by atoms with Gasteiger partial charge in [0, 0.05) is 21.8 Å². The van der Waals surface area contributed by atoms with Crippen LogP contribution in [-0.2, 0) is 9.59 Å². The van der Waals surface area contributed by atoms with Crippen molar-refractivity contribution in [3.05, 3.63) is 52.5 Å². The number of rotatable bonds is 6. The summed E-state index contributed by atoms with van der Waals surface area (Å²) in [6, 6.07) is 12.6. The van der Waals surface area contributed by atoms with Gasteiger partial charge in [-0.1, -0.05) is 35.8 Å². The predicted octanol–water partition coefficient (Wildman–Crippen LogP) is 4.37. The molecule has 2 rings (SSSR count). The Kier molecular flexibility index (Phi) is 6.58. The third kappa shape index (κ3) is 5.90.